The molecule has 0 aromatic heterocycles. The zero-order chi connectivity index (χ0) is 23.1. The van der Waals surface area contributed by atoms with Crippen LogP contribution in [0.15, 0.2) is 65.3 Å². The number of imide groups is 1. The molecule has 1 heterocycles. The van der Waals surface area contributed by atoms with Crippen LogP contribution in [-0.4, -0.2) is 23.3 Å². The van der Waals surface area contributed by atoms with E-state index in [-0.39, 0.29) is 17.3 Å². The van der Waals surface area contributed by atoms with Gasteiger partial charge in [-0.05, 0) is 60.4 Å². The van der Waals surface area contributed by atoms with E-state index in [0.717, 1.165) is 24.0 Å². The van der Waals surface area contributed by atoms with Gasteiger partial charge in [0.2, 0.25) is 0 Å². The number of hydrogen-bond donors (Lipinski definition) is 0. The molecule has 1 aliphatic rings. The van der Waals surface area contributed by atoms with Gasteiger partial charge in [0.05, 0.1) is 0 Å². The maximum absolute atomic E-state index is 13.0. The second kappa shape index (κ2) is 10.5. The van der Waals surface area contributed by atoms with Crippen LogP contribution in [0.1, 0.15) is 44.2 Å². The summed E-state index contributed by atoms with van der Waals surface area (Å²) in [6.45, 7) is 4.28. The van der Waals surface area contributed by atoms with Crippen molar-refractivity contribution in [3.05, 3.63) is 82.2 Å². The van der Waals surface area contributed by atoms with E-state index in [0.29, 0.717) is 36.5 Å². The maximum Gasteiger partial charge on any atom is 0.271 e. The van der Waals surface area contributed by atoms with E-state index in [1.54, 1.807) is 49.4 Å². The van der Waals surface area contributed by atoms with Crippen molar-refractivity contribution in [1.29, 1.82) is 5.26 Å². The topological polar surface area (TPSA) is 70.4 Å². The van der Waals surface area contributed by atoms with Crippen molar-refractivity contribution in [2.75, 3.05) is 6.54 Å². The fraction of sp³-hybridized carbons (Fsp3) is 0.269. The molecular weight excluding hydrogens is 407 g/mol. The third-order valence-corrected chi connectivity index (χ3v) is 5.32. The zero-order valence-corrected chi connectivity index (χ0v) is 18.2. The first-order valence-electron chi connectivity index (χ1n) is 10.6. The van der Waals surface area contributed by atoms with Crippen molar-refractivity contribution in [2.24, 2.45) is 0 Å². The molecule has 1 aliphatic heterocycles. The van der Waals surface area contributed by atoms with Gasteiger partial charge in [-0.2, -0.15) is 5.26 Å². The summed E-state index contributed by atoms with van der Waals surface area (Å²) in [5.74, 6) is -0.558. The van der Waals surface area contributed by atoms with Crippen molar-refractivity contribution in [3.63, 3.8) is 0 Å². The number of benzene rings is 2. The van der Waals surface area contributed by atoms with Crippen LogP contribution in [0.25, 0.3) is 6.08 Å². The normalized spacial score (nSPS) is 15.3. The summed E-state index contributed by atoms with van der Waals surface area (Å²) in [6, 6.07) is 15.2. The molecule has 0 saturated heterocycles. The Kier molecular flexibility index (Phi) is 7.56. The van der Waals surface area contributed by atoms with Crippen molar-refractivity contribution in [2.45, 2.75) is 39.7 Å². The van der Waals surface area contributed by atoms with Crippen LogP contribution >= 0.6 is 0 Å². The minimum Gasteiger partial charge on any atom is -0.489 e. The molecule has 0 N–H and O–H groups in total. The molecule has 0 atom stereocenters. The van der Waals surface area contributed by atoms with E-state index >= 15 is 0 Å². The second-order valence-electron chi connectivity index (χ2n) is 7.62. The molecule has 0 aliphatic carbocycles. The van der Waals surface area contributed by atoms with Gasteiger partial charge in [-0.25, -0.2) is 4.39 Å². The van der Waals surface area contributed by atoms with Gasteiger partial charge in [-0.3, -0.25) is 14.5 Å². The summed E-state index contributed by atoms with van der Waals surface area (Å²) in [4.78, 5) is 26.8. The molecule has 3 rings (SSSR count). The Morgan fingerprint density at radius 3 is 2.34 bits per heavy atom. The number of rotatable bonds is 8. The fourth-order valence-corrected chi connectivity index (χ4v) is 3.43. The number of nitrogens with zero attached hydrogens (tertiary/aromatic N) is 2. The molecule has 0 spiro atoms. The Hall–Kier alpha value is -3.72. The Morgan fingerprint density at radius 2 is 1.72 bits per heavy atom. The highest BCUT2D eigenvalue weighted by Crippen LogP contribution is 2.28. The Bertz CT molecular complexity index is 1090. The number of unbranched alkanes of at least 4 members (excludes halogenated alkanes) is 2. The molecular formula is C26H25FN2O3. The minimum atomic E-state index is -0.521. The zero-order valence-electron chi connectivity index (χ0n) is 18.2. The summed E-state index contributed by atoms with van der Waals surface area (Å²) in [5, 5.41) is 9.46. The molecule has 0 fully saturated rings. The van der Waals surface area contributed by atoms with Crippen molar-refractivity contribution < 1.29 is 18.7 Å². The lowest BCUT2D eigenvalue weighted by Gasteiger charge is -2.27. The largest absolute Gasteiger partial charge is 0.489 e. The molecule has 2 aromatic rings. The maximum atomic E-state index is 13.0. The third-order valence-electron chi connectivity index (χ3n) is 5.32. The first kappa shape index (κ1) is 23.0. The quantitative estimate of drug-likeness (QED) is 0.327. The minimum absolute atomic E-state index is 0.00611. The highest BCUT2D eigenvalue weighted by atomic mass is 19.1. The van der Waals surface area contributed by atoms with E-state index in [9.17, 15) is 19.2 Å². The average Bonchev–Trinajstić information content (AvgIpc) is 2.80. The van der Waals surface area contributed by atoms with Gasteiger partial charge < -0.3 is 4.74 Å². The number of carbonyl (C=O) groups is 2. The van der Waals surface area contributed by atoms with Crippen molar-refractivity contribution >= 4 is 17.9 Å². The average molecular weight is 432 g/mol. The molecule has 6 heteroatoms. The number of halogens is 1. The van der Waals surface area contributed by atoms with Gasteiger partial charge >= 0.3 is 0 Å². The monoisotopic (exact) mass is 432 g/mol. The molecule has 0 radical (unpaired) electrons. The predicted molar refractivity (Wildman–Crippen MR) is 120 cm³/mol. The lowest BCUT2D eigenvalue weighted by Crippen LogP contribution is -2.43. The van der Waals surface area contributed by atoms with E-state index in [1.165, 1.54) is 17.0 Å². The first-order chi connectivity index (χ1) is 15.4. The van der Waals surface area contributed by atoms with Gasteiger partial charge in [0.1, 0.15) is 29.8 Å². The van der Waals surface area contributed by atoms with Gasteiger partial charge in [0.25, 0.3) is 11.8 Å². The van der Waals surface area contributed by atoms with Crippen LogP contribution in [0.2, 0.25) is 0 Å². The summed E-state index contributed by atoms with van der Waals surface area (Å²) in [6.07, 6.45) is 4.27. The van der Waals surface area contributed by atoms with E-state index in [4.69, 9.17) is 4.74 Å². The lowest BCUT2D eigenvalue weighted by molar-refractivity contribution is -0.140. The van der Waals surface area contributed by atoms with Gasteiger partial charge in [-0.15, -0.1) is 0 Å². The molecule has 32 heavy (non-hydrogen) atoms. The third kappa shape index (κ3) is 5.30. The Labute approximate surface area is 187 Å². The number of hydrogen-bond acceptors (Lipinski definition) is 4. The standard InChI is InChI=1S/C26H25FN2O3/c1-3-4-5-14-29-25(30)23(18(2)24(16-28)26(29)31)15-19-8-12-22(13-9-19)32-17-20-6-10-21(27)11-7-20/h6-13,15H,3-5,14,17H2,1-2H3/b23-15+. The SMILES string of the molecule is CCCCCN1C(=O)C(C#N)=C(C)/C(=C\c2ccc(OCc3ccc(F)cc3)cc2)C1=O. The first-order valence-corrected chi connectivity index (χ1v) is 10.6. The van der Waals surface area contributed by atoms with Crippen LogP contribution in [0.4, 0.5) is 4.39 Å². The van der Waals surface area contributed by atoms with Gasteiger partial charge in [0.15, 0.2) is 0 Å². The van der Waals surface area contributed by atoms with Gasteiger partial charge in [0, 0.05) is 12.1 Å². The van der Waals surface area contributed by atoms with Crippen LogP contribution in [0.5, 0.6) is 5.75 Å². The number of amides is 2. The number of ether oxygens (including phenoxy) is 1. The van der Waals surface area contributed by atoms with E-state index in [1.807, 2.05) is 13.0 Å². The molecule has 2 aromatic carbocycles. The summed E-state index contributed by atoms with van der Waals surface area (Å²) in [5.41, 5.74) is 2.35. The fourth-order valence-electron chi connectivity index (χ4n) is 3.43. The van der Waals surface area contributed by atoms with Crippen LogP contribution in [-0.2, 0) is 16.2 Å². The van der Waals surface area contributed by atoms with Crippen molar-refractivity contribution in [1.82, 2.24) is 4.90 Å². The number of carbonyl (C=O) groups excluding carboxylic acids is 2. The van der Waals surface area contributed by atoms with E-state index < -0.39 is 5.91 Å². The molecule has 0 saturated carbocycles. The van der Waals surface area contributed by atoms with Crippen LogP contribution < -0.4 is 4.74 Å². The molecule has 5 nitrogen and oxygen atoms in total. The second-order valence-corrected chi connectivity index (χ2v) is 7.62. The molecule has 164 valence electrons. The predicted octanol–water partition coefficient (Wildman–Crippen LogP) is 5.19. The Morgan fingerprint density at radius 1 is 1.03 bits per heavy atom. The summed E-state index contributed by atoms with van der Waals surface area (Å²) >= 11 is 0. The van der Waals surface area contributed by atoms with E-state index in [2.05, 4.69) is 0 Å². The van der Waals surface area contributed by atoms with Crippen molar-refractivity contribution in [3.8, 4) is 11.8 Å². The molecule has 2 amide bonds. The molecule has 0 bridgehead atoms. The highest BCUT2D eigenvalue weighted by Gasteiger charge is 2.34. The Balaban J connectivity index is 1.78. The van der Waals surface area contributed by atoms with Crippen LogP contribution in [0.3, 0.4) is 0 Å². The lowest BCUT2D eigenvalue weighted by atomic mass is 9.93. The van der Waals surface area contributed by atoms with Crippen LogP contribution in [0, 0.1) is 17.1 Å². The number of nitriles is 1. The summed E-state index contributed by atoms with van der Waals surface area (Å²) in [7, 11) is 0. The smallest absolute Gasteiger partial charge is 0.271 e. The summed E-state index contributed by atoms with van der Waals surface area (Å²) < 4.78 is 18.7. The van der Waals surface area contributed by atoms with Gasteiger partial charge in [-0.1, -0.05) is 44.0 Å². The molecule has 0 unspecified atom stereocenters. The highest BCUT2D eigenvalue weighted by molar-refractivity contribution is 6.19.